The lowest BCUT2D eigenvalue weighted by Gasteiger charge is -1.93. The molecule has 0 saturated carbocycles. The summed E-state index contributed by atoms with van der Waals surface area (Å²) >= 11 is 3.03. The first-order chi connectivity index (χ1) is 10.4. The fraction of sp³-hybridized carbons (Fsp3) is 0. The van der Waals surface area contributed by atoms with E-state index in [0.29, 0.717) is 11.4 Å². The van der Waals surface area contributed by atoms with E-state index in [-0.39, 0.29) is 0 Å². The predicted octanol–water partition coefficient (Wildman–Crippen LogP) is 3.45. The van der Waals surface area contributed by atoms with Gasteiger partial charge in [0, 0.05) is 18.0 Å². The lowest BCUT2D eigenvalue weighted by atomic mass is 10.3. The zero-order valence-electron chi connectivity index (χ0n) is 10.6. The van der Waals surface area contributed by atoms with Crippen LogP contribution in [0.3, 0.4) is 0 Å². The quantitative estimate of drug-likeness (QED) is 0.569. The summed E-state index contributed by atoms with van der Waals surface area (Å²) in [4.78, 5) is 10.3. The molecule has 0 aliphatic rings. The van der Waals surface area contributed by atoms with Gasteiger partial charge in [0.15, 0.2) is 5.69 Å². The molecule has 100 valence electrons. The van der Waals surface area contributed by atoms with E-state index in [4.69, 9.17) is 0 Å². The van der Waals surface area contributed by atoms with Gasteiger partial charge in [0.2, 0.25) is 4.96 Å². The van der Waals surface area contributed by atoms with Gasteiger partial charge in [0.05, 0.1) is 4.88 Å². The van der Waals surface area contributed by atoms with Gasteiger partial charge < -0.3 is 0 Å². The molecule has 4 heterocycles. The standard InChI is InChI=1S/C14H7N5S2/c15-8-10-12(11-2-1-7-20-11)17-14-19(10)18-13(21-14)9-3-5-16-6-4-9/h1-7H. The molecular weight excluding hydrogens is 302 g/mol. The van der Waals surface area contributed by atoms with Crippen LogP contribution in [0.5, 0.6) is 0 Å². The number of imidazole rings is 1. The summed E-state index contributed by atoms with van der Waals surface area (Å²) in [7, 11) is 0. The Balaban J connectivity index is 1.92. The van der Waals surface area contributed by atoms with Gasteiger partial charge in [-0.2, -0.15) is 14.9 Å². The average Bonchev–Trinajstić information content (AvgIpc) is 3.22. The Kier molecular flexibility index (Phi) is 2.77. The van der Waals surface area contributed by atoms with Crippen molar-refractivity contribution in [2.24, 2.45) is 0 Å². The zero-order chi connectivity index (χ0) is 14.2. The van der Waals surface area contributed by atoms with Crippen molar-refractivity contribution in [1.82, 2.24) is 19.6 Å². The molecule has 0 spiro atoms. The van der Waals surface area contributed by atoms with E-state index in [1.54, 1.807) is 28.2 Å². The molecule has 0 fully saturated rings. The molecule has 21 heavy (non-hydrogen) atoms. The van der Waals surface area contributed by atoms with Crippen molar-refractivity contribution in [3.63, 3.8) is 0 Å². The van der Waals surface area contributed by atoms with Crippen molar-refractivity contribution in [3.8, 4) is 27.2 Å². The van der Waals surface area contributed by atoms with Gasteiger partial charge >= 0.3 is 0 Å². The number of thiophene rings is 1. The van der Waals surface area contributed by atoms with Crippen LogP contribution < -0.4 is 0 Å². The monoisotopic (exact) mass is 309 g/mol. The molecule has 0 atom stereocenters. The molecule has 0 aliphatic heterocycles. The van der Waals surface area contributed by atoms with E-state index in [1.807, 2.05) is 29.6 Å². The maximum Gasteiger partial charge on any atom is 0.214 e. The van der Waals surface area contributed by atoms with Crippen molar-refractivity contribution in [1.29, 1.82) is 5.26 Å². The molecule has 0 aliphatic carbocycles. The van der Waals surface area contributed by atoms with E-state index in [0.717, 1.165) is 20.4 Å². The van der Waals surface area contributed by atoms with Crippen molar-refractivity contribution in [2.45, 2.75) is 0 Å². The maximum atomic E-state index is 9.43. The van der Waals surface area contributed by atoms with Gasteiger partial charge in [0.1, 0.15) is 16.8 Å². The van der Waals surface area contributed by atoms with Crippen molar-refractivity contribution >= 4 is 27.6 Å². The van der Waals surface area contributed by atoms with Gasteiger partial charge in [-0.05, 0) is 23.6 Å². The Bertz CT molecular complexity index is 945. The summed E-state index contributed by atoms with van der Waals surface area (Å²) < 4.78 is 1.62. The van der Waals surface area contributed by atoms with Crippen molar-refractivity contribution in [2.75, 3.05) is 0 Å². The number of aromatic nitrogens is 4. The number of rotatable bonds is 2. The number of nitriles is 1. The van der Waals surface area contributed by atoms with E-state index in [9.17, 15) is 5.26 Å². The molecular formula is C14H7N5S2. The molecule has 5 nitrogen and oxygen atoms in total. The molecule has 0 saturated heterocycles. The van der Waals surface area contributed by atoms with Crippen molar-refractivity contribution < 1.29 is 0 Å². The predicted molar refractivity (Wildman–Crippen MR) is 82.1 cm³/mol. The van der Waals surface area contributed by atoms with Crippen LogP contribution in [0.15, 0.2) is 42.0 Å². The number of fused-ring (bicyclic) bond motifs is 1. The lowest BCUT2D eigenvalue weighted by molar-refractivity contribution is 0.960. The van der Waals surface area contributed by atoms with Crippen LogP contribution >= 0.6 is 22.7 Å². The molecule has 0 bridgehead atoms. The normalized spacial score (nSPS) is 10.8. The largest absolute Gasteiger partial charge is 0.265 e. The SMILES string of the molecule is N#Cc1c(-c2cccs2)nc2sc(-c3ccncc3)nn12. The Morgan fingerprint density at radius 1 is 1.19 bits per heavy atom. The maximum absolute atomic E-state index is 9.43. The molecule has 4 aromatic rings. The number of nitrogens with zero attached hydrogens (tertiary/aromatic N) is 5. The fourth-order valence-electron chi connectivity index (χ4n) is 2.05. The minimum atomic E-state index is 0.476. The Morgan fingerprint density at radius 3 is 2.76 bits per heavy atom. The molecule has 0 N–H and O–H groups in total. The van der Waals surface area contributed by atoms with Crippen LogP contribution in [0.2, 0.25) is 0 Å². The molecule has 0 amide bonds. The highest BCUT2D eigenvalue weighted by Crippen LogP contribution is 2.32. The molecule has 7 heteroatoms. The second kappa shape index (κ2) is 4.77. The minimum absolute atomic E-state index is 0.476. The highest BCUT2D eigenvalue weighted by Gasteiger charge is 2.18. The van der Waals surface area contributed by atoms with Gasteiger partial charge in [0.25, 0.3) is 0 Å². The Labute approximate surface area is 127 Å². The first kappa shape index (κ1) is 12.2. The van der Waals surface area contributed by atoms with Gasteiger partial charge in [-0.15, -0.1) is 11.3 Å². The van der Waals surface area contributed by atoms with Crippen molar-refractivity contribution in [3.05, 3.63) is 47.7 Å². The number of hydrogen-bond acceptors (Lipinski definition) is 6. The Morgan fingerprint density at radius 2 is 2.05 bits per heavy atom. The third-order valence-electron chi connectivity index (χ3n) is 2.99. The van der Waals surface area contributed by atoms with Crippen LogP contribution in [0.1, 0.15) is 5.69 Å². The van der Waals surface area contributed by atoms with E-state index < -0.39 is 0 Å². The highest BCUT2D eigenvalue weighted by atomic mass is 32.1. The fourth-order valence-corrected chi connectivity index (χ4v) is 3.66. The van der Waals surface area contributed by atoms with Gasteiger partial charge in [-0.1, -0.05) is 17.4 Å². The van der Waals surface area contributed by atoms with Crippen LogP contribution in [-0.4, -0.2) is 19.6 Å². The smallest absolute Gasteiger partial charge is 0.214 e. The first-order valence-corrected chi connectivity index (χ1v) is 7.80. The van der Waals surface area contributed by atoms with Gasteiger partial charge in [-0.25, -0.2) is 4.98 Å². The molecule has 4 aromatic heterocycles. The lowest BCUT2D eigenvalue weighted by Crippen LogP contribution is -1.90. The number of hydrogen-bond donors (Lipinski definition) is 0. The second-order valence-corrected chi connectivity index (χ2v) is 6.14. The summed E-state index contributed by atoms with van der Waals surface area (Å²) in [5.74, 6) is 0. The minimum Gasteiger partial charge on any atom is -0.265 e. The summed E-state index contributed by atoms with van der Waals surface area (Å²) in [5.41, 5.74) is 2.15. The van der Waals surface area contributed by atoms with E-state index in [1.165, 1.54) is 11.3 Å². The first-order valence-electron chi connectivity index (χ1n) is 6.11. The molecule has 0 radical (unpaired) electrons. The highest BCUT2D eigenvalue weighted by molar-refractivity contribution is 7.20. The Hall–Kier alpha value is -2.56. The summed E-state index contributed by atoms with van der Waals surface area (Å²) in [6.45, 7) is 0. The summed E-state index contributed by atoms with van der Waals surface area (Å²) in [5, 5.41) is 16.7. The summed E-state index contributed by atoms with van der Waals surface area (Å²) in [6.07, 6.45) is 3.45. The van der Waals surface area contributed by atoms with Crippen LogP contribution in [-0.2, 0) is 0 Å². The van der Waals surface area contributed by atoms with E-state index in [2.05, 4.69) is 21.1 Å². The van der Waals surface area contributed by atoms with Gasteiger partial charge in [-0.3, -0.25) is 4.98 Å². The number of pyridine rings is 1. The third kappa shape index (κ3) is 1.93. The third-order valence-corrected chi connectivity index (χ3v) is 4.83. The molecule has 0 aromatic carbocycles. The van der Waals surface area contributed by atoms with Crippen LogP contribution in [0, 0.1) is 11.3 Å². The molecule has 4 rings (SSSR count). The zero-order valence-corrected chi connectivity index (χ0v) is 12.2. The molecule has 0 unspecified atom stereocenters. The van der Waals surface area contributed by atoms with E-state index >= 15 is 0 Å². The van der Waals surface area contributed by atoms with Crippen LogP contribution in [0.25, 0.3) is 26.1 Å². The summed E-state index contributed by atoms with van der Waals surface area (Å²) in [6, 6.07) is 9.91. The second-order valence-electron chi connectivity index (χ2n) is 4.24. The van der Waals surface area contributed by atoms with Crippen LogP contribution in [0.4, 0.5) is 0 Å². The average molecular weight is 309 g/mol. The topological polar surface area (TPSA) is 66.9 Å².